The Kier molecular flexibility index (Phi) is 5.57. The Labute approximate surface area is 132 Å². The molecule has 2 aromatic rings. The SMILES string of the molecule is CCC(C)C(N)C(=O)Nc1nnc(Cc2ccccc2F)s1. The van der Waals surface area contributed by atoms with Gasteiger partial charge in [-0.15, -0.1) is 10.2 Å². The maximum absolute atomic E-state index is 13.6. The zero-order chi connectivity index (χ0) is 16.1. The van der Waals surface area contributed by atoms with Gasteiger partial charge in [0.25, 0.3) is 0 Å². The van der Waals surface area contributed by atoms with E-state index in [9.17, 15) is 9.18 Å². The van der Waals surface area contributed by atoms with Crippen LogP contribution in [0.15, 0.2) is 24.3 Å². The van der Waals surface area contributed by atoms with Crippen molar-refractivity contribution in [2.45, 2.75) is 32.7 Å². The van der Waals surface area contributed by atoms with Crippen LogP contribution in [0.5, 0.6) is 0 Å². The number of nitrogens with one attached hydrogen (secondary N) is 1. The topological polar surface area (TPSA) is 80.9 Å². The van der Waals surface area contributed by atoms with Gasteiger partial charge in [-0.25, -0.2) is 4.39 Å². The number of nitrogens with zero attached hydrogens (tertiary/aromatic N) is 2. The first kappa shape index (κ1) is 16.5. The average molecular weight is 322 g/mol. The van der Waals surface area contributed by atoms with E-state index in [1.807, 2.05) is 13.8 Å². The molecule has 0 spiro atoms. The van der Waals surface area contributed by atoms with Crippen molar-refractivity contribution in [1.82, 2.24) is 10.2 Å². The van der Waals surface area contributed by atoms with E-state index >= 15 is 0 Å². The number of carbonyl (C=O) groups is 1. The van der Waals surface area contributed by atoms with Gasteiger partial charge in [-0.1, -0.05) is 49.8 Å². The number of hydrogen-bond donors (Lipinski definition) is 2. The minimum absolute atomic E-state index is 0.0887. The molecule has 2 rings (SSSR count). The lowest BCUT2D eigenvalue weighted by atomic mass is 10.00. The van der Waals surface area contributed by atoms with E-state index in [0.717, 1.165) is 6.42 Å². The fourth-order valence-corrected chi connectivity index (χ4v) is 2.65. The van der Waals surface area contributed by atoms with E-state index in [-0.39, 0.29) is 17.6 Å². The minimum Gasteiger partial charge on any atom is -0.320 e. The van der Waals surface area contributed by atoms with E-state index in [1.54, 1.807) is 18.2 Å². The van der Waals surface area contributed by atoms with Crippen LogP contribution in [-0.2, 0) is 11.2 Å². The summed E-state index contributed by atoms with van der Waals surface area (Å²) < 4.78 is 13.6. The Morgan fingerprint density at radius 1 is 1.41 bits per heavy atom. The number of rotatable bonds is 6. The molecule has 0 saturated heterocycles. The van der Waals surface area contributed by atoms with Crippen molar-refractivity contribution < 1.29 is 9.18 Å². The monoisotopic (exact) mass is 322 g/mol. The number of carbonyl (C=O) groups excluding carboxylic acids is 1. The van der Waals surface area contributed by atoms with E-state index in [1.165, 1.54) is 17.4 Å². The lowest BCUT2D eigenvalue weighted by molar-refractivity contribution is -0.118. The van der Waals surface area contributed by atoms with Crippen LogP contribution in [0.2, 0.25) is 0 Å². The predicted molar refractivity (Wildman–Crippen MR) is 85.2 cm³/mol. The fourth-order valence-electron chi connectivity index (χ4n) is 1.88. The van der Waals surface area contributed by atoms with Gasteiger partial charge in [0.2, 0.25) is 11.0 Å². The van der Waals surface area contributed by atoms with Crippen LogP contribution >= 0.6 is 11.3 Å². The molecule has 0 fully saturated rings. The molecular formula is C15H19FN4OS. The van der Waals surface area contributed by atoms with Gasteiger partial charge in [-0.05, 0) is 17.5 Å². The van der Waals surface area contributed by atoms with Crippen LogP contribution in [0.3, 0.4) is 0 Å². The normalized spacial score (nSPS) is 13.6. The molecule has 7 heteroatoms. The highest BCUT2D eigenvalue weighted by atomic mass is 32.1. The first-order valence-electron chi connectivity index (χ1n) is 7.13. The molecule has 118 valence electrons. The molecule has 1 aromatic carbocycles. The highest BCUT2D eigenvalue weighted by Gasteiger charge is 2.20. The molecule has 0 bridgehead atoms. The van der Waals surface area contributed by atoms with Gasteiger partial charge in [-0.3, -0.25) is 10.1 Å². The van der Waals surface area contributed by atoms with Crippen LogP contribution in [-0.4, -0.2) is 22.1 Å². The standard InChI is InChI=1S/C15H19FN4OS/c1-3-9(2)13(17)14(21)18-15-20-19-12(22-15)8-10-6-4-5-7-11(10)16/h4-7,9,13H,3,8,17H2,1-2H3,(H,18,20,21). The minimum atomic E-state index is -0.580. The van der Waals surface area contributed by atoms with Gasteiger partial charge < -0.3 is 5.73 Å². The largest absolute Gasteiger partial charge is 0.320 e. The fraction of sp³-hybridized carbons (Fsp3) is 0.400. The molecule has 5 nitrogen and oxygen atoms in total. The Balaban J connectivity index is 2.00. The number of anilines is 1. The molecule has 0 aliphatic rings. The first-order chi connectivity index (χ1) is 10.5. The molecule has 2 atom stereocenters. The van der Waals surface area contributed by atoms with Gasteiger partial charge in [0, 0.05) is 6.42 Å². The number of halogens is 1. The Hall–Kier alpha value is -1.86. The average Bonchev–Trinajstić information content (AvgIpc) is 2.95. The second-order valence-electron chi connectivity index (χ2n) is 5.17. The van der Waals surface area contributed by atoms with Crippen molar-refractivity contribution in [2.24, 2.45) is 11.7 Å². The zero-order valence-electron chi connectivity index (χ0n) is 12.5. The molecule has 3 N–H and O–H groups in total. The van der Waals surface area contributed by atoms with Crippen molar-refractivity contribution in [3.63, 3.8) is 0 Å². The summed E-state index contributed by atoms with van der Waals surface area (Å²) in [6, 6.07) is 5.94. The highest BCUT2D eigenvalue weighted by molar-refractivity contribution is 7.15. The maximum atomic E-state index is 13.6. The number of amides is 1. The van der Waals surface area contributed by atoms with Crippen molar-refractivity contribution in [1.29, 1.82) is 0 Å². The summed E-state index contributed by atoms with van der Waals surface area (Å²) >= 11 is 1.23. The third kappa shape index (κ3) is 4.08. The number of hydrogen-bond acceptors (Lipinski definition) is 5. The Bertz CT molecular complexity index is 646. The maximum Gasteiger partial charge on any atom is 0.243 e. The lowest BCUT2D eigenvalue weighted by Crippen LogP contribution is -2.40. The molecule has 1 heterocycles. The van der Waals surface area contributed by atoms with Crippen LogP contribution in [0.1, 0.15) is 30.8 Å². The summed E-state index contributed by atoms with van der Waals surface area (Å²) in [5.41, 5.74) is 6.41. The van der Waals surface area contributed by atoms with Gasteiger partial charge in [0.05, 0.1) is 6.04 Å². The second-order valence-corrected chi connectivity index (χ2v) is 6.23. The third-order valence-electron chi connectivity index (χ3n) is 3.56. The molecule has 0 radical (unpaired) electrons. The Morgan fingerprint density at radius 3 is 2.82 bits per heavy atom. The van der Waals surface area contributed by atoms with Crippen molar-refractivity contribution >= 4 is 22.4 Å². The number of nitrogens with two attached hydrogens (primary N) is 1. The van der Waals surface area contributed by atoms with Crippen molar-refractivity contribution in [3.05, 3.63) is 40.7 Å². The molecular weight excluding hydrogens is 303 g/mol. The molecule has 1 aromatic heterocycles. The van der Waals surface area contributed by atoms with Crippen LogP contribution in [0.4, 0.5) is 9.52 Å². The smallest absolute Gasteiger partial charge is 0.243 e. The van der Waals surface area contributed by atoms with Gasteiger partial charge in [0.15, 0.2) is 0 Å². The predicted octanol–water partition coefficient (Wildman–Crippen LogP) is 2.58. The van der Waals surface area contributed by atoms with Crippen molar-refractivity contribution in [2.75, 3.05) is 5.32 Å². The highest BCUT2D eigenvalue weighted by Crippen LogP contribution is 2.20. The second kappa shape index (κ2) is 7.42. The molecule has 0 aliphatic carbocycles. The molecule has 1 amide bonds. The molecule has 0 aliphatic heterocycles. The van der Waals surface area contributed by atoms with Crippen molar-refractivity contribution in [3.8, 4) is 0 Å². The third-order valence-corrected chi connectivity index (χ3v) is 4.39. The zero-order valence-corrected chi connectivity index (χ0v) is 13.4. The summed E-state index contributed by atoms with van der Waals surface area (Å²) in [6.45, 7) is 3.91. The first-order valence-corrected chi connectivity index (χ1v) is 7.95. The van der Waals surface area contributed by atoms with Gasteiger partial charge in [-0.2, -0.15) is 0 Å². The van der Waals surface area contributed by atoms with E-state index in [2.05, 4.69) is 15.5 Å². The number of benzene rings is 1. The number of aromatic nitrogens is 2. The van der Waals surface area contributed by atoms with E-state index in [0.29, 0.717) is 22.1 Å². The van der Waals surface area contributed by atoms with Crippen LogP contribution in [0, 0.1) is 11.7 Å². The van der Waals surface area contributed by atoms with E-state index in [4.69, 9.17) is 5.73 Å². The van der Waals surface area contributed by atoms with Crippen LogP contribution < -0.4 is 11.1 Å². The molecule has 22 heavy (non-hydrogen) atoms. The molecule has 0 saturated carbocycles. The summed E-state index contributed by atoms with van der Waals surface area (Å²) in [7, 11) is 0. The summed E-state index contributed by atoms with van der Waals surface area (Å²) in [5.74, 6) is -0.462. The summed E-state index contributed by atoms with van der Waals surface area (Å²) in [4.78, 5) is 12.0. The van der Waals surface area contributed by atoms with Gasteiger partial charge in [0.1, 0.15) is 10.8 Å². The Morgan fingerprint density at radius 2 is 2.14 bits per heavy atom. The van der Waals surface area contributed by atoms with Gasteiger partial charge >= 0.3 is 0 Å². The van der Waals surface area contributed by atoms with E-state index < -0.39 is 6.04 Å². The lowest BCUT2D eigenvalue weighted by Gasteiger charge is -2.16. The molecule has 2 unspecified atom stereocenters. The summed E-state index contributed by atoms with van der Waals surface area (Å²) in [5, 5.41) is 11.6. The summed E-state index contributed by atoms with van der Waals surface area (Å²) in [6.07, 6.45) is 1.17. The van der Waals surface area contributed by atoms with Crippen LogP contribution in [0.25, 0.3) is 0 Å². The quantitative estimate of drug-likeness (QED) is 0.856.